The van der Waals surface area contributed by atoms with E-state index in [0.29, 0.717) is 19.8 Å². The molecule has 0 aliphatic carbocycles. The van der Waals surface area contributed by atoms with Gasteiger partial charge in [0, 0.05) is 12.7 Å². The molecule has 2 aliphatic rings. The van der Waals surface area contributed by atoms with Crippen LogP contribution in [0.1, 0.15) is 17.4 Å². The van der Waals surface area contributed by atoms with Crippen LogP contribution in [0.2, 0.25) is 0 Å². The molecule has 2 fully saturated rings. The summed E-state index contributed by atoms with van der Waals surface area (Å²) in [6.45, 7) is 4.91. The van der Waals surface area contributed by atoms with Crippen molar-refractivity contribution in [1.29, 1.82) is 0 Å². The third kappa shape index (κ3) is 4.81. The van der Waals surface area contributed by atoms with E-state index in [1.165, 1.54) is 0 Å². The molecule has 0 unspecified atom stereocenters. The smallest absolute Gasteiger partial charge is 0.186 e. The van der Waals surface area contributed by atoms with Crippen LogP contribution in [0.4, 0.5) is 0 Å². The van der Waals surface area contributed by atoms with Crippen LogP contribution in [0.25, 0.3) is 0 Å². The Morgan fingerprint density at radius 3 is 2.40 bits per heavy atom. The average molecular weight is 412 g/mol. The molecule has 0 bridgehead atoms. The Morgan fingerprint density at radius 1 is 0.967 bits per heavy atom. The molecular formula is C24H28O6. The highest BCUT2D eigenvalue weighted by Crippen LogP contribution is 2.36. The summed E-state index contributed by atoms with van der Waals surface area (Å²) < 4.78 is 36.3. The first-order valence-corrected chi connectivity index (χ1v) is 10.2. The summed E-state index contributed by atoms with van der Waals surface area (Å²) in [6, 6.07) is 19.9. The second kappa shape index (κ2) is 10.3. The van der Waals surface area contributed by atoms with Gasteiger partial charge in [-0.15, -0.1) is 6.58 Å². The molecule has 30 heavy (non-hydrogen) atoms. The van der Waals surface area contributed by atoms with Gasteiger partial charge in [-0.25, -0.2) is 0 Å². The van der Waals surface area contributed by atoms with Gasteiger partial charge in [-0.1, -0.05) is 66.7 Å². The SMILES string of the molecule is C=CCO[C@@H]1[C@@H](OC)O[C@@H]2CO[C@@H](c3ccccc3)O[C@H]2[C@@H]1OCc1ccccc1. The molecule has 0 aromatic heterocycles. The fourth-order valence-corrected chi connectivity index (χ4v) is 3.83. The van der Waals surface area contributed by atoms with Gasteiger partial charge in [0.05, 0.1) is 19.8 Å². The maximum atomic E-state index is 6.36. The molecule has 0 radical (unpaired) electrons. The minimum Gasteiger partial charge on any atom is -0.368 e. The normalized spacial score (nSPS) is 31.1. The van der Waals surface area contributed by atoms with Crippen LogP contribution in [0.5, 0.6) is 0 Å². The lowest BCUT2D eigenvalue weighted by molar-refractivity contribution is -0.367. The van der Waals surface area contributed by atoms with Crippen LogP contribution >= 0.6 is 0 Å². The maximum absolute atomic E-state index is 6.36. The van der Waals surface area contributed by atoms with Gasteiger partial charge in [-0.3, -0.25) is 0 Å². The summed E-state index contributed by atoms with van der Waals surface area (Å²) in [6.07, 6.45) is -0.930. The van der Waals surface area contributed by atoms with Gasteiger partial charge < -0.3 is 28.4 Å². The topological polar surface area (TPSA) is 55.4 Å². The molecule has 6 heteroatoms. The van der Waals surface area contributed by atoms with Crippen molar-refractivity contribution < 1.29 is 28.4 Å². The molecule has 0 amide bonds. The molecule has 2 aliphatic heterocycles. The maximum Gasteiger partial charge on any atom is 0.186 e. The van der Waals surface area contributed by atoms with Gasteiger partial charge in [0.1, 0.15) is 24.4 Å². The van der Waals surface area contributed by atoms with E-state index in [0.717, 1.165) is 11.1 Å². The first-order chi connectivity index (χ1) is 14.8. The molecule has 0 saturated carbocycles. The number of methoxy groups -OCH3 is 1. The van der Waals surface area contributed by atoms with Gasteiger partial charge in [-0.05, 0) is 5.56 Å². The predicted octanol–water partition coefficient (Wildman–Crippen LogP) is 3.63. The second-order valence-corrected chi connectivity index (χ2v) is 7.30. The highest BCUT2D eigenvalue weighted by molar-refractivity contribution is 5.17. The molecule has 0 spiro atoms. The number of hydrogen-bond acceptors (Lipinski definition) is 6. The van der Waals surface area contributed by atoms with Crippen molar-refractivity contribution in [3.05, 3.63) is 84.4 Å². The lowest BCUT2D eigenvalue weighted by Crippen LogP contribution is -2.63. The van der Waals surface area contributed by atoms with Gasteiger partial charge >= 0.3 is 0 Å². The van der Waals surface area contributed by atoms with Gasteiger partial charge in [0.25, 0.3) is 0 Å². The Kier molecular flexibility index (Phi) is 7.28. The minimum absolute atomic E-state index is 0.320. The molecule has 0 N–H and O–H groups in total. The molecule has 160 valence electrons. The Balaban J connectivity index is 1.56. The number of ether oxygens (including phenoxy) is 6. The van der Waals surface area contributed by atoms with Crippen molar-refractivity contribution in [2.75, 3.05) is 20.3 Å². The zero-order valence-corrected chi connectivity index (χ0v) is 17.1. The van der Waals surface area contributed by atoms with Gasteiger partial charge in [-0.2, -0.15) is 0 Å². The highest BCUT2D eigenvalue weighted by Gasteiger charge is 2.51. The van der Waals surface area contributed by atoms with Crippen molar-refractivity contribution in [1.82, 2.24) is 0 Å². The summed E-state index contributed by atoms with van der Waals surface area (Å²) in [5.41, 5.74) is 2.03. The summed E-state index contributed by atoms with van der Waals surface area (Å²) in [5.74, 6) is 0. The largest absolute Gasteiger partial charge is 0.368 e. The Bertz CT molecular complexity index is 783. The van der Waals surface area contributed by atoms with E-state index in [1.54, 1.807) is 13.2 Å². The van der Waals surface area contributed by atoms with E-state index in [9.17, 15) is 0 Å². The van der Waals surface area contributed by atoms with Crippen molar-refractivity contribution in [2.24, 2.45) is 0 Å². The first kappa shape index (κ1) is 21.2. The second-order valence-electron chi connectivity index (χ2n) is 7.30. The van der Waals surface area contributed by atoms with Crippen LogP contribution in [0, 0.1) is 0 Å². The molecule has 6 nitrogen and oxygen atoms in total. The van der Waals surface area contributed by atoms with Crippen molar-refractivity contribution in [2.45, 2.75) is 43.6 Å². The van der Waals surface area contributed by atoms with E-state index in [1.807, 2.05) is 60.7 Å². The summed E-state index contributed by atoms with van der Waals surface area (Å²) in [5, 5.41) is 0. The van der Waals surface area contributed by atoms with Crippen LogP contribution in [0.3, 0.4) is 0 Å². The van der Waals surface area contributed by atoms with Crippen LogP contribution < -0.4 is 0 Å². The van der Waals surface area contributed by atoms with E-state index in [4.69, 9.17) is 28.4 Å². The molecule has 2 saturated heterocycles. The molecule has 6 atom stereocenters. The average Bonchev–Trinajstić information content (AvgIpc) is 2.82. The first-order valence-electron chi connectivity index (χ1n) is 10.2. The van der Waals surface area contributed by atoms with E-state index < -0.39 is 24.8 Å². The minimum atomic E-state index is -0.590. The molecule has 2 aromatic carbocycles. The molecule has 2 aromatic rings. The zero-order chi connectivity index (χ0) is 20.8. The van der Waals surface area contributed by atoms with Gasteiger partial charge in [0.15, 0.2) is 12.6 Å². The highest BCUT2D eigenvalue weighted by atomic mass is 16.8. The quantitative estimate of drug-likeness (QED) is 0.617. The molecular weight excluding hydrogens is 384 g/mol. The zero-order valence-electron chi connectivity index (χ0n) is 17.1. The number of hydrogen-bond donors (Lipinski definition) is 0. The Morgan fingerprint density at radius 2 is 1.70 bits per heavy atom. The van der Waals surface area contributed by atoms with Crippen molar-refractivity contribution >= 4 is 0 Å². The number of rotatable bonds is 8. The molecule has 2 heterocycles. The Hall–Kier alpha value is -2.06. The third-order valence-corrected chi connectivity index (χ3v) is 5.28. The van der Waals surface area contributed by atoms with Crippen LogP contribution in [-0.2, 0) is 35.0 Å². The molecule has 4 rings (SSSR count). The third-order valence-electron chi connectivity index (χ3n) is 5.28. The fraction of sp³-hybridized carbons (Fsp3) is 0.417. The van der Waals surface area contributed by atoms with Crippen LogP contribution in [0.15, 0.2) is 73.3 Å². The lowest BCUT2D eigenvalue weighted by atomic mass is 9.97. The number of benzene rings is 2. The lowest BCUT2D eigenvalue weighted by Gasteiger charge is -2.48. The van der Waals surface area contributed by atoms with E-state index >= 15 is 0 Å². The van der Waals surface area contributed by atoms with Crippen LogP contribution in [-0.4, -0.2) is 51.0 Å². The fourth-order valence-electron chi connectivity index (χ4n) is 3.83. The summed E-state index contributed by atoms with van der Waals surface area (Å²) >= 11 is 0. The van der Waals surface area contributed by atoms with Crippen molar-refractivity contribution in [3.63, 3.8) is 0 Å². The van der Waals surface area contributed by atoms with Crippen molar-refractivity contribution in [3.8, 4) is 0 Å². The predicted molar refractivity (Wildman–Crippen MR) is 111 cm³/mol. The summed E-state index contributed by atoms with van der Waals surface area (Å²) in [4.78, 5) is 0. The Labute approximate surface area is 177 Å². The van der Waals surface area contributed by atoms with Gasteiger partial charge in [0.2, 0.25) is 0 Å². The standard InChI is InChI=1S/C24H28O6/c1-3-14-26-22-21(27-15-17-10-6-4-7-11-17)20-19(29-24(22)25-2)16-28-23(30-20)18-12-8-5-9-13-18/h3-13,19-24H,1,14-16H2,2H3/t19-,20-,21+,22+,23-,24+/m1/s1. The number of fused-ring (bicyclic) bond motifs is 1. The van der Waals surface area contributed by atoms with E-state index in [-0.39, 0.29) is 12.2 Å². The van der Waals surface area contributed by atoms with E-state index in [2.05, 4.69) is 6.58 Å². The summed E-state index contributed by atoms with van der Waals surface area (Å²) in [7, 11) is 1.60. The monoisotopic (exact) mass is 412 g/mol.